The van der Waals surface area contributed by atoms with Gasteiger partial charge in [0.25, 0.3) is 0 Å². The highest BCUT2D eigenvalue weighted by Crippen LogP contribution is 2.10. The second-order valence-electron chi connectivity index (χ2n) is 4.38. The molecule has 0 bridgehead atoms. The fourth-order valence-corrected chi connectivity index (χ4v) is 1.89. The number of aryl methyl sites for hydroxylation is 2. The second kappa shape index (κ2) is 6.65. The largest absolute Gasteiger partial charge is 0.477 e. The Morgan fingerprint density at radius 1 is 1.20 bits per heavy atom. The maximum atomic E-state index is 11.1. The standard InChI is InChI=1S/C15H17N3O2/c1-2-16-14-10-12(15(19)20)17-13(18-14)9-8-11-6-4-3-5-7-11/h3-7,10H,2,8-9H2,1H3,(H,19,20)(H,16,17,18). The summed E-state index contributed by atoms with van der Waals surface area (Å²) in [6.45, 7) is 2.63. The minimum atomic E-state index is -1.03. The zero-order valence-electron chi connectivity index (χ0n) is 11.3. The van der Waals surface area contributed by atoms with E-state index in [1.807, 2.05) is 37.3 Å². The van der Waals surface area contributed by atoms with Crippen LogP contribution in [0.4, 0.5) is 5.82 Å². The van der Waals surface area contributed by atoms with Gasteiger partial charge in [0.05, 0.1) is 0 Å². The van der Waals surface area contributed by atoms with Gasteiger partial charge in [-0.25, -0.2) is 14.8 Å². The van der Waals surface area contributed by atoms with Gasteiger partial charge >= 0.3 is 5.97 Å². The van der Waals surface area contributed by atoms with E-state index >= 15 is 0 Å². The van der Waals surface area contributed by atoms with Crippen molar-refractivity contribution in [2.45, 2.75) is 19.8 Å². The van der Waals surface area contributed by atoms with Crippen molar-refractivity contribution < 1.29 is 9.90 Å². The van der Waals surface area contributed by atoms with Crippen LogP contribution in [0.5, 0.6) is 0 Å². The van der Waals surface area contributed by atoms with Crippen LogP contribution in [-0.2, 0) is 12.8 Å². The molecule has 0 aliphatic rings. The summed E-state index contributed by atoms with van der Waals surface area (Å²) in [5, 5.41) is 12.1. The summed E-state index contributed by atoms with van der Waals surface area (Å²) in [5.74, 6) is 0.0696. The lowest BCUT2D eigenvalue weighted by molar-refractivity contribution is 0.0690. The topological polar surface area (TPSA) is 75.1 Å². The molecule has 0 saturated carbocycles. The number of carbonyl (C=O) groups is 1. The molecule has 2 rings (SSSR count). The lowest BCUT2D eigenvalue weighted by Crippen LogP contribution is -2.10. The Morgan fingerprint density at radius 2 is 1.95 bits per heavy atom. The molecule has 0 radical (unpaired) electrons. The molecule has 2 aromatic rings. The molecular weight excluding hydrogens is 254 g/mol. The van der Waals surface area contributed by atoms with Crippen LogP contribution in [0.2, 0.25) is 0 Å². The summed E-state index contributed by atoms with van der Waals surface area (Å²) in [5.41, 5.74) is 1.21. The zero-order valence-corrected chi connectivity index (χ0v) is 11.3. The first-order valence-corrected chi connectivity index (χ1v) is 6.58. The lowest BCUT2D eigenvalue weighted by Gasteiger charge is -2.07. The molecule has 20 heavy (non-hydrogen) atoms. The predicted octanol–water partition coefficient (Wildman–Crippen LogP) is 2.39. The van der Waals surface area contributed by atoms with Crippen molar-refractivity contribution in [3.05, 3.63) is 53.5 Å². The highest BCUT2D eigenvalue weighted by molar-refractivity contribution is 5.86. The maximum absolute atomic E-state index is 11.1. The Bertz CT molecular complexity index is 585. The molecule has 5 heteroatoms. The molecule has 1 aromatic carbocycles. The van der Waals surface area contributed by atoms with E-state index in [-0.39, 0.29) is 5.69 Å². The summed E-state index contributed by atoms with van der Waals surface area (Å²) < 4.78 is 0. The number of hydrogen-bond donors (Lipinski definition) is 2. The van der Waals surface area contributed by atoms with Crippen LogP contribution in [0.15, 0.2) is 36.4 Å². The van der Waals surface area contributed by atoms with Crippen molar-refractivity contribution in [3.63, 3.8) is 0 Å². The molecule has 0 aliphatic carbocycles. The molecule has 1 heterocycles. The molecule has 5 nitrogen and oxygen atoms in total. The average molecular weight is 271 g/mol. The van der Waals surface area contributed by atoms with Gasteiger partial charge in [0, 0.05) is 19.0 Å². The number of benzene rings is 1. The minimum absolute atomic E-state index is 0.0269. The molecule has 2 N–H and O–H groups in total. The van der Waals surface area contributed by atoms with Crippen LogP contribution >= 0.6 is 0 Å². The Labute approximate surface area is 117 Å². The molecule has 1 aromatic heterocycles. The van der Waals surface area contributed by atoms with Crippen molar-refractivity contribution in [2.75, 3.05) is 11.9 Å². The first-order chi connectivity index (χ1) is 9.69. The summed E-state index contributed by atoms with van der Waals surface area (Å²) in [6.07, 6.45) is 1.40. The monoisotopic (exact) mass is 271 g/mol. The molecule has 0 fully saturated rings. The Balaban J connectivity index is 2.15. The first kappa shape index (κ1) is 14.0. The Kier molecular flexibility index (Phi) is 4.65. The van der Waals surface area contributed by atoms with E-state index < -0.39 is 5.97 Å². The van der Waals surface area contributed by atoms with Crippen LogP contribution in [0.25, 0.3) is 0 Å². The average Bonchev–Trinajstić information content (AvgIpc) is 2.46. The van der Waals surface area contributed by atoms with Gasteiger partial charge in [-0.2, -0.15) is 0 Å². The third kappa shape index (κ3) is 3.78. The van der Waals surface area contributed by atoms with Gasteiger partial charge in [-0.1, -0.05) is 30.3 Å². The molecule has 0 unspecified atom stereocenters. The van der Waals surface area contributed by atoms with E-state index in [1.165, 1.54) is 11.6 Å². The molecule has 0 spiro atoms. The minimum Gasteiger partial charge on any atom is -0.477 e. The fourth-order valence-electron chi connectivity index (χ4n) is 1.89. The van der Waals surface area contributed by atoms with Gasteiger partial charge < -0.3 is 10.4 Å². The van der Waals surface area contributed by atoms with E-state index in [4.69, 9.17) is 5.11 Å². The van der Waals surface area contributed by atoms with Gasteiger partial charge in [-0.3, -0.25) is 0 Å². The number of nitrogens with one attached hydrogen (secondary N) is 1. The number of rotatable bonds is 6. The number of anilines is 1. The lowest BCUT2D eigenvalue weighted by atomic mass is 10.1. The fraction of sp³-hybridized carbons (Fsp3) is 0.267. The first-order valence-electron chi connectivity index (χ1n) is 6.58. The normalized spacial score (nSPS) is 10.2. The van der Waals surface area contributed by atoms with Crippen molar-refractivity contribution >= 4 is 11.8 Å². The van der Waals surface area contributed by atoms with Gasteiger partial charge in [0.2, 0.25) is 0 Å². The number of nitrogens with zero attached hydrogens (tertiary/aromatic N) is 2. The van der Waals surface area contributed by atoms with Crippen molar-refractivity contribution in [2.24, 2.45) is 0 Å². The van der Waals surface area contributed by atoms with Crippen molar-refractivity contribution in [3.8, 4) is 0 Å². The van der Waals surface area contributed by atoms with Crippen LogP contribution in [0.1, 0.15) is 28.8 Å². The van der Waals surface area contributed by atoms with Crippen LogP contribution in [0, 0.1) is 0 Å². The number of aromatic carboxylic acids is 1. The molecule has 0 aliphatic heterocycles. The number of carboxylic acid groups (broad SMARTS) is 1. The summed E-state index contributed by atoms with van der Waals surface area (Å²) in [6, 6.07) is 11.5. The molecule has 0 amide bonds. The highest BCUT2D eigenvalue weighted by Gasteiger charge is 2.10. The van der Waals surface area contributed by atoms with Crippen molar-refractivity contribution in [1.29, 1.82) is 0 Å². The predicted molar refractivity (Wildman–Crippen MR) is 77.0 cm³/mol. The maximum Gasteiger partial charge on any atom is 0.354 e. The van der Waals surface area contributed by atoms with Crippen LogP contribution in [0.3, 0.4) is 0 Å². The van der Waals surface area contributed by atoms with Gasteiger partial charge in [0.1, 0.15) is 11.6 Å². The highest BCUT2D eigenvalue weighted by atomic mass is 16.4. The van der Waals surface area contributed by atoms with Gasteiger partial charge in [-0.05, 0) is 18.9 Å². The van der Waals surface area contributed by atoms with Gasteiger partial charge in [0.15, 0.2) is 5.69 Å². The number of hydrogen-bond acceptors (Lipinski definition) is 4. The van der Waals surface area contributed by atoms with E-state index in [1.54, 1.807) is 0 Å². The summed E-state index contributed by atoms with van der Waals surface area (Å²) in [4.78, 5) is 19.5. The van der Waals surface area contributed by atoms with E-state index in [0.717, 1.165) is 6.42 Å². The third-order valence-corrected chi connectivity index (χ3v) is 2.83. The SMILES string of the molecule is CCNc1cc(C(=O)O)nc(CCc2ccccc2)n1. The number of carboxylic acids is 1. The van der Waals surface area contributed by atoms with E-state index in [2.05, 4.69) is 15.3 Å². The van der Waals surface area contributed by atoms with Crippen LogP contribution in [-0.4, -0.2) is 27.6 Å². The van der Waals surface area contributed by atoms with Crippen LogP contribution < -0.4 is 5.32 Å². The molecular formula is C15H17N3O2. The van der Waals surface area contributed by atoms with Crippen molar-refractivity contribution in [1.82, 2.24) is 9.97 Å². The van der Waals surface area contributed by atoms with E-state index in [0.29, 0.717) is 24.6 Å². The molecule has 0 atom stereocenters. The third-order valence-electron chi connectivity index (χ3n) is 2.83. The number of aromatic nitrogens is 2. The summed E-state index contributed by atoms with van der Waals surface area (Å²) in [7, 11) is 0. The van der Waals surface area contributed by atoms with E-state index in [9.17, 15) is 4.79 Å². The quantitative estimate of drug-likeness (QED) is 0.843. The Hall–Kier alpha value is -2.43. The Morgan fingerprint density at radius 3 is 2.60 bits per heavy atom. The molecule has 104 valence electrons. The zero-order chi connectivity index (χ0) is 14.4. The molecule has 0 saturated heterocycles. The smallest absolute Gasteiger partial charge is 0.354 e. The second-order valence-corrected chi connectivity index (χ2v) is 4.38. The summed E-state index contributed by atoms with van der Waals surface area (Å²) >= 11 is 0. The van der Waals surface area contributed by atoms with Gasteiger partial charge in [-0.15, -0.1) is 0 Å².